The SMILES string of the molecule is COCCNC(=O)c1ccnc(Nc2cc(C)ccc2OC)c1. The minimum atomic E-state index is -0.163. The zero-order valence-electron chi connectivity index (χ0n) is 13.6. The number of nitrogens with one attached hydrogen (secondary N) is 2. The molecule has 0 saturated heterocycles. The minimum Gasteiger partial charge on any atom is -0.495 e. The molecule has 1 heterocycles. The van der Waals surface area contributed by atoms with E-state index in [9.17, 15) is 4.79 Å². The second-order valence-electron chi connectivity index (χ2n) is 5.01. The van der Waals surface area contributed by atoms with Crippen LogP contribution in [0.15, 0.2) is 36.5 Å². The fraction of sp³-hybridized carbons (Fsp3) is 0.294. The first-order valence-corrected chi connectivity index (χ1v) is 7.29. The third kappa shape index (κ3) is 4.69. The van der Waals surface area contributed by atoms with E-state index in [1.165, 1.54) is 0 Å². The molecular formula is C17H21N3O3. The first-order valence-electron chi connectivity index (χ1n) is 7.29. The van der Waals surface area contributed by atoms with E-state index in [4.69, 9.17) is 9.47 Å². The van der Waals surface area contributed by atoms with Crippen LogP contribution in [0.1, 0.15) is 15.9 Å². The first kappa shape index (κ1) is 16.8. The molecule has 2 N–H and O–H groups in total. The molecule has 0 aliphatic heterocycles. The Morgan fingerprint density at radius 1 is 1.22 bits per heavy atom. The van der Waals surface area contributed by atoms with Gasteiger partial charge < -0.3 is 20.1 Å². The number of carbonyl (C=O) groups is 1. The molecule has 0 aliphatic rings. The fourth-order valence-electron chi connectivity index (χ4n) is 2.07. The number of nitrogens with zero attached hydrogens (tertiary/aromatic N) is 1. The summed E-state index contributed by atoms with van der Waals surface area (Å²) in [7, 11) is 3.21. The Hall–Kier alpha value is -2.60. The molecule has 0 aliphatic carbocycles. The van der Waals surface area contributed by atoms with Crippen LogP contribution >= 0.6 is 0 Å². The van der Waals surface area contributed by atoms with Gasteiger partial charge in [0.05, 0.1) is 19.4 Å². The van der Waals surface area contributed by atoms with Crippen molar-refractivity contribution in [3.05, 3.63) is 47.7 Å². The Morgan fingerprint density at radius 2 is 2.04 bits per heavy atom. The van der Waals surface area contributed by atoms with E-state index in [1.54, 1.807) is 32.5 Å². The average molecular weight is 315 g/mol. The van der Waals surface area contributed by atoms with Crippen molar-refractivity contribution in [2.45, 2.75) is 6.92 Å². The molecule has 0 radical (unpaired) electrons. The van der Waals surface area contributed by atoms with E-state index in [1.807, 2.05) is 25.1 Å². The molecule has 0 fully saturated rings. The van der Waals surface area contributed by atoms with Crippen LogP contribution in [0.5, 0.6) is 5.75 Å². The second kappa shape index (κ2) is 8.14. The maximum absolute atomic E-state index is 12.1. The standard InChI is InChI=1S/C17H21N3O3/c1-12-4-5-15(23-3)14(10-12)20-16-11-13(6-7-18-16)17(21)19-8-9-22-2/h4-7,10-11H,8-9H2,1-3H3,(H,18,20)(H,19,21). The van der Waals surface area contributed by atoms with E-state index in [2.05, 4.69) is 15.6 Å². The molecule has 0 unspecified atom stereocenters. The van der Waals surface area contributed by atoms with Gasteiger partial charge in [-0.3, -0.25) is 4.79 Å². The Balaban J connectivity index is 2.14. The highest BCUT2D eigenvalue weighted by molar-refractivity contribution is 5.94. The Bertz CT molecular complexity index is 674. The lowest BCUT2D eigenvalue weighted by molar-refractivity contribution is 0.0937. The highest BCUT2D eigenvalue weighted by atomic mass is 16.5. The van der Waals surface area contributed by atoms with Gasteiger partial charge in [-0.25, -0.2) is 4.98 Å². The molecular weight excluding hydrogens is 294 g/mol. The smallest absolute Gasteiger partial charge is 0.251 e. The lowest BCUT2D eigenvalue weighted by Crippen LogP contribution is -2.27. The molecule has 6 nitrogen and oxygen atoms in total. The number of methoxy groups -OCH3 is 2. The largest absolute Gasteiger partial charge is 0.495 e. The zero-order chi connectivity index (χ0) is 16.7. The summed E-state index contributed by atoms with van der Waals surface area (Å²) in [6, 6.07) is 9.19. The van der Waals surface area contributed by atoms with Crippen molar-refractivity contribution in [2.75, 3.05) is 32.7 Å². The van der Waals surface area contributed by atoms with Gasteiger partial charge in [-0.1, -0.05) is 6.07 Å². The molecule has 1 aromatic carbocycles. The summed E-state index contributed by atoms with van der Waals surface area (Å²) in [5.74, 6) is 1.13. The summed E-state index contributed by atoms with van der Waals surface area (Å²) in [4.78, 5) is 16.3. The number of hydrogen-bond acceptors (Lipinski definition) is 5. The fourth-order valence-corrected chi connectivity index (χ4v) is 2.07. The van der Waals surface area contributed by atoms with Gasteiger partial charge in [0.25, 0.3) is 5.91 Å². The third-order valence-corrected chi connectivity index (χ3v) is 3.23. The van der Waals surface area contributed by atoms with Gasteiger partial charge in [0.15, 0.2) is 0 Å². The summed E-state index contributed by atoms with van der Waals surface area (Å²) >= 11 is 0. The zero-order valence-corrected chi connectivity index (χ0v) is 13.6. The van der Waals surface area contributed by atoms with E-state index in [0.29, 0.717) is 30.3 Å². The predicted octanol–water partition coefficient (Wildman–Crippen LogP) is 2.52. The van der Waals surface area contributed by atoms with Crippen LogP contribution in [0.2, 0.25) is 0 Å². The summed E-state index contributed by atoms with van der Waals surface area (Å²) in [6.45, 7) is 2.94. The normalized spacial score (nSPS) is 10.2. The summed E-state index contributed by atoms with van der Waals surface area (Å²) < 4.78 is 10.2. The van der Waals surface area contributed by atoms with Gasteiger partial charge in [0.1, 0.15) is 11.6 Å². The minimum absolute atomic E-state index is 0.163. The number of anilines is 2. The molecule has 6 heteroatoms. The number of ether oxygens (including phenoxy) is 2. The third-order valence-electron chi connectivity index (χ3n) is 3.23. The van der Waals surface area contributed by atoms with Crippen LogP contribution in [0.25, 0.3) is 0 Å². The number of carbonyl (C=O) groups excluding carboxylic acids is 1. The number of aromatic nitrogens is 1. The van der Waals surface area contributed by atoms with Crippen LogP contribution in [-0.4, -0.2) is 38.3 Å². The molecule has 0 spiro atoms. The summed E-state index contributed by atoms with van der Waals surface area (Å²) in [5.41, 5.74) is 2.43. The molecule has 2 rings (SSSR count). The van der Waals surface area contributed by atoms with Crippen LogP contribution in [-0.2, 0) is 4.74 Å². The molecule has 0 atom stereocenters. The van der Waals surface area contributed by atoms with Crippen molar-refractivity contribution in [3.8, 4) is 5.75 Å². The van der Waals surface area contributed by atoms with Crippen molar-refractivity contribution >= 4 is 17.4 Å². The molecule has 0 bridgehead atoms. The average Bonchev–Trinajstić information content (AvgIpc) is 2.55. The van der Waals surface area contributed by atoms with Crippen molar-refractivity contribution in [2.24, 2.45) is 0 Å². The number of hydrogen-bond donors (Lipinski definition) is 2. The van der Waals surface area contributed by atoms with Gasteiger partial charge in [-0.05, 0) is 36.8 Å². The number of amides is 1. The molecule has 2 aromatic rings. The van der Waals surface area contributed by atoms with E-state index in [-0.39, 0.29) is 5.91 Å². The van der Waals surface area contributed by atoms with Crippen LogP contribution in [0.4, 0.5) is 11.5 Å². The van der Waals surface area contributed by atoms with E-state index < -0.39 is 0 Å². The van der Waals surface area contributed by atoms with E-state index in [0.717, 1.165) is 11.3 Å². The Kier molecular flexibility index (Phi) is 5.94. The van der Waals surface area contributed by atoms with Gasteiger partial charge in [-0.15, -0.1) is 0 Å². The summed E-state index contributed by atoms with van der Waals surface area (Å²) in [5, 5.41) is 5.96. The van der Waals surface area contributed by atoms with Crippen LogP contribution < -0.4 is 15.4 Å². The lowest BCUT2D eigenvalue weighted by atomic mass is 10.2. The van der Waals surface area contributed by atoms with Gasteiger partial charge in [-0.2, -0.15) is 0 Å². The van der Waals surface area contributed by atoms with E-state index >= 15 is 0 Å². The number of rotatable bonds is 7. The number of pyridine rings is 1. The second-order valence-corrected chi connectivity index (χ2v) is 5.01. The van der Waals surface area contributed by atoms with Crippen LogP contribution in [0, 0.1) is 6.92 Å². The van der Waals surface area contributed by atoms with Crippen molar-refractivity contribution in [1.29, 1.82) is 0 Å². The Labute approximate surface area is 135 Å². The number of aryl methyl sites for hydroxylation is 1. The van der Waals surface area contributed by atoms with Crippen molar-refractivity contribution in [3.63, 3.8) is 0 Å². The Morgan fingerprint density at radius 3 is 2.78 bits per heavy atom. The maximum Gasteiger partial charge on any atom is 0.251 e. The highest BCUT2D eigenvalue weighted by Crippen LogP contribution is 2.28. The highest BCUT2D eigenvalue weighted by Gasteiger charge is 2.08. The lowest BCUT2D eigenvalue weighted by Gasteiger charge is -2.12. The summed E-state index contributed by atoms with van der Waals surface area (Å²) in [6.07, 6.45) is 1.59. The first-order chi connectivity index (χ1) is 11.1. The molecule has 0 saturated carbocycles. The number of benzene rings is 1. The van der Waals surface area contributed by atoms with Crippen molar-refractivity contribution < 1.29 is 14.3 Å². The quantitative estimate of drug-likeness (QED) is 0.768. The van der Waals surface area contributed by atoms with Gasteiger partial charge in [0, 0.05) is 25.4 Å². The molecule has 23 heavy (non-hydrogen) atoms. The van der Waals surface area contributed by atoms with Crippen molar-refractivity contribution in [1.82, 2.24) is 10.3 Å². The van der Waals surface area contributed by atoms with Gasteiger partial charge in [0.2, 0.25) is 0 Å². The monoisotopic (exact) mass is 315 g/mol. The predicted molar refractivity (Wildman–Crippen MR) is 89.5 cm³/mol. The van der Waals surface area contributed by atoms with Crippen LogP contribution in [0.3, 0.4) is 0 Å². The molecule has 1 amide bonds. The molecule has 122 valence electrons. The topological polar surface area (TPSA) is 72.5 Å². The van der Waals surface area contributed by atoms with Gasteiger partial charge >= 0.3 is 0 Å². The maximum atomic E-state index is 12.1. The molecule has 1 aromatic heterocycles.